The van der Waals surface area contributed by atoms with Crippen LogP contribution >= 0.6 is 0 Å². The molecule has 0 saturated heterocycles. The minimum atomic E-state index is -0.520. The van der Waals surface area contributed by atoms with Crippen LogP contribution in [0.3, 0.4) is 0 Å². The van der Waals surface area contributed by atoms with Crippen LogP contribution in [0, 0.1) is 0 Å². The molecule has 3 nitrogen and oxygen atoms in total. The first-order chi connectivity index (χ1) is 33.1. The summed E-state index contributed by atoms with van der Waals surface area (Å²) in [4.78, 5) is 10.8. The van der Waals surface area contributed by atoms with Gasteiger partial charge in [-0.05, 0) is 140 Å². The third-order valence-electron chi connectivity index (χ3n) is 13.8. The molecule has 1 heterocycles. The predicted molar refractivity (Wildman–Crippen MR) is 284 cm³/mol. The molecule has 0 aromatic heterocycles. The normalized spacial score (nSPS) is 16.5. The number of allylic oxidation sites excluding steroid dienone is 4. The van der Waals surface area contributed by atoms with Crippen LogP contribution in [-0.2, 0) is 0 Å². The highest BCUT2D eigenvalue weighted by atomic mass is 15.2. The predicted octanol–water partition coefficient (Wildman–Crippen LogP) is 15.4. The van der Waals surface area contributed by atoms with Crippen LogP contribution in [0.4, 0.5) is 28.4 Å². The van der Waals surface area contributed by atoms with Gasteiger partial charge in [0.2, 0.25) is 0 Å². The first kappa shape index (κ1) is 40.3. The van der Waals surface area contributed by atoms with Crippen molar-refractivity contribution < 1.29 is 0 Å². The van der Waals surface area contributed by atoms with Gasteiger partial charge in [0.1, 0.15) is 0 Å². The maximum absolute atomic E-state index is 5.85. The van der Waals surface area contributed by atoms with E-state index in [9.17, 15) is 0 Å². The molecular formula is C64H49N3. The van der Waals surface area contributed by atoms with Crippen molar-refractivity contribution in [3.8, 4) is 11.1 Å². The van der Waals surface area contributed by atoms with Gasteiger partial charge in [0.15, 0.2) is 0 Å². The molecular weight excluding hydrogens is 811 g/mol. The minimum absolute atomic E-state index is 0.0989. The highest BCUT2D eigenvalue weighted by molar-refractivity contribution is 6.03. The van der Waals surface area contributed by atoms with Gasteiger partial charge in [0, 0.05) is 39.6 Å². The molecule has 320 valence electrons. The second kappa shape index (κ2) is 16.9. The van der Waals surface area contributed by atoms with Crippen molar-refractivity contribution in [2.75, 3.05) is 16.3 Å². The molecule has 1 aliphatic carbocycles. The Kier molecular flexibility index (Phi) is 10.2. The lowest BCUT2D eigenvalue weighted by Crippen LogP contribution is -2.51. The third-order valence-corrected chi connectivity index (χ3v) is 13.8. The number of fused-ring (bicyclic) bond motifs is 4. The average Bonchev–Trinajstić information content (AvgIpc) is 3.39. The molecule has 2 aliphatic rings. The minimum Gasteiger partial charge on any atom is -0.330 e. The van der Waals surface area contributed by atoms with E-state index in [0.717, 1.165) is 40.2 Å². The second-order valence-electron chi connectivity index (χ2n) is 18.1. The van der Waals surface area contributed by atoms with E-state index in [-0.39, 0.29) is 5.92 Å². The highest BCUT2D eigenvalue weighted by Gasteiger charge is 2.35. The number of para-hydroxylation sites is 2. The van der Waals surface area contributed by atoms with Crippen molar-refractivity contribution in [3.05, 3.63) is 264 Å². The van der Waals surface area contributed by atoms with Gasteiger partial charge in [-0.25, -0.2) is 0 Å². The van der Waals surface area contributed by atoms with Gasteiger partial charge in [0.05, 0.1) is 17.4 Å². The fourth-order valence-electron chi connectivity index (χ4n) is 10.6. The Morgan fingerprint density at radius 1 is 0.478 bits per heavy atom. The Morgan fingerprint density at radius 3 is 1.66 bits per heavy atom. The van der Waals surface area contributed by atoms with E-state index in [1.807, 2.05) is 0 Å². The summed E-state index contributed by atoms with van der Waals surface area (Å²) in [6, 6.07) is 81.4. The van der Waals surface area contributed by atoms with Crippen LogP contribution in [0.5, 0.6) is 0 Å². The van der Waals surface area contributed by atoms with Gasteiger partial charge in [-0.15, -0.1) is 0 Å². The van der Waals surface area contributed by atoms with Crippen molar-refractivity contribution in [1.82, 2.24) is 0 Å². The maximum atomic E-state index is 5.85. The molecule has 1 aliphatic heterocycles. The molecule has 2 unspecified atom stereocenters. The number of hydrogen-bond donors (Lipinski definition) is 0. The number of anilines is 5. The maximum Gasteiger partial charge on any atom is 0.0810 e. The Balaban J connectivity index is 1.13. The Bertz CT molecular complexity index is 3650. The average molecular weight is 860 g/mol. The van der Waals surface area contributed by atoms with E-state index in [0.29, 0.717) is 6.54 Å². The lowest BCUT2D eigenvalue weighted by Gasteiger charge is -2.42. The fraction of sp³-hybridized carbons (Fsp3) is 0.0781. The zero-order valence-corrected chi connectivity index (χ0v) is 37.5. The lowest BCUT2D eigenvalue weighted by molar-refractivity contribution is 0.593. The first-order valence-electron chi connectivity index (χ1n) is 23.4. The Morgan fingerprint density at radius 2 is 1.01 bits per heavy atom. The second-order valence-corrected chi connectivity index (χ2v) is 18.1. The van der Waals surface area contributed by atoms with E-state index in [2.05, 4.69) is 265 Å². The van der Waals surface area contributed by atoms with Gasteiger partial charge in [-0.2, -0.15) is 0 Å². The molecule has 2 atom stereocenters. The lowest BCUT2D eigenvalue weighted by atomic mass is 9.80. The molecule has 10 aromatic carbocycles. The van der Waals surface area contributed by atoms with Crippen LogP contribution in [0.15, 0.2) is 248 Å². The molecule has 0 amide bonds. The summed E-state index contributed by atoms with van der Waals surface area (Å²) in [6.45, 7) is 2.93. The summed E-state index contributed by atoms with van der Waals surface area (Å²) in [7, 11) is 0. The van der Waals surface area contributed by atoms with Crippen LogP contribution < -0.4 is 20.4 Å². The van der Waals surface area contributed by atoms with Gasteiger partial charge >= 0.3 is 0 Å². The van der Waals surface area contributed by atoms with Crippen molar-refractivity contribution in [3.63, 3.8) is 0 Å². The van der Waals surface area contributed by atoms with Gasteiger partial charge in [-0.3, -0.25) is 4.99 Å². The van der Waals surface area contributed by atoms with Gasteiger partial charge < -0.3 is 9.80 Å². The van der Waals surface area contributed by atoms with Crippen molar-refractivity contribution in [1.29, 1.82) is 0 Å². The summed E-state index contributed by atoms with van der Waals surface area (Å²) < 4.78 is 0. The van der Waals surface area contributed by atoms with E-state index in [1.165, 1.54) is 65.4 Å². The molecule has 0 bridgehead atoms. The number of hydrogen-bond acceptors (Lipinski definition) is 3. The van der Waals surface area contributed by atoms with E-state index in [1.54, 1.807) is 0 Å². The summed E-state index contributed by atoms with van der Waals surface area (Å²) in [5.74, 6) is 0.0989. The molecule has 3 heteroatoms. The largest absolute Gasteiger partial charge is 0.330 e. The first-order valence-corrected chi connectivity index (χ1v) is 23.4. The van der Waals surface area contributed by atoms with E-state index in [4.69, 9.17) is 4.99 Å². The van der Waals surface area contributed by atoms with Crippen LogP contribution in [0.1, 0.15) is 30.4 Å². The van der Waals surface area contributed by atoms with Crippen LogP contribution in [-0.4, -0.2) is 12.1 Å². The number of rotatable bonds is 9. The highest BCUT2D eigenvalue weighted by Crippen LogP contribution is 2.43. The SMILES string of the molecule is CC1(N(c2ccccc2)c2ccc3ccccc3c2)C=c2c(-c3ccccc3)c3ccc(N(c4ccccc4)c4ccc5ccccc5c4)cc3c(C3C=CC(c4ccccc4)=CC3)c2=NC1. The third kappa shape index (κ3) is 7.39. The molecule has 0 saturated carbocycles. The fourth-order valence-corrected chi connectivity index (χ4v) is 10.6. The smallest absolute Gasteiger partial charge is 0.0810 e. The van der Waals surface area contributed by atoms with Crippen molar-refractivity contribution in [2.24, 2.45) is 4.99 Å². The van der Waals surface area contributed by atoms with Crippen molar-refractivity contribution in [2.45, 2.75) is 24.8 Å². The zero-order chi connectivity index (χ0) is 44.7. The molecule has 67 heavy (non-hydrogen) atoms. The standard InChI is InChI=1S/C64H49N3/c1-64(67(54-28-12-5-13-29-54)57-37-35-47-21-15-17-25-52(47)41-57)43-60-61(49-22-8-3-9-23-49)58-39-38-56(66(53-26-10-4-11-27-53)55-36-34-46-20-14-16-24-51(46)40-55)42-59(58)62(63(60)65-44-64)50-32-30-48(31-33-50)45-18-6-2-7-19-45/h2-32,34-43,50H,33,44H2,1H3. The van der Waals surface area contributed by atoms with E-state index >= 15 is 0 Å². The molecule has 0 spiro atoms. The molecule has 0 fully saturated rings. The number of nitrogens with zero attached hydrogens (tertiary/aromatic N) is 3. The molecule has 0 N–H and O–H groups in total. The number of benzene rings is 10. The van der Waals surface area contributed by atoms with Crippen LogP contribution in [0.2, 0.25) is 0 Å². The van der Waals surface area contributed by atoms with Gasteiger partial charge in [-0.1, -0.05) is 182 Å². The summed E-state index contributed by atoms with van der Waals surface area (Å²) in [5, 5.41) is 9.57. The van der Waals surface area contributed by atoms with E-state index < -0.39 is 5.54 Å². The van der Waals surface area contributed by atoms with Gasteiger partial charge in [0.25, 0.3) is 0 Å². The topological polar surface area (TPSA) is 18.8 Å². The summed E-state index contributed by atoms with van der Waals surface area (Å²) in [5.41, 5.74) is 11.2. The summed E-state index contributed by atoms with van der Waals surface area (Å²) in [6.07, 6.45) is 10.6. The molecule has 10 aromatic rings. The zero-order valence-electron chi connectivity index (χ0n) is 37.5. The molecule has 12 rings (SSSR count). The quantitative estimate of drug-likeness (QED) is 0.144. The molecule has 0 radical (unpaired) electrons. The monoisotopic (exact) mass is 859 g/mol. The van der Waals surface area contributed by atoms with Crippen LogP contribution in [0.25, 0.3) is 55.1 Å². The Hall–Kier alpha value is -8.27. The summed E-state index contributed by atoms with van der Waals surface area (Å²) >= 11 is 0. The Labute approximate surface area is 392 Å². The van der Waals surface area contributed by atoms with Crippen molar-refractivity contribution >= 4 is 72.4 Å².